The topological polar surface area (TPSA) is 23.0 Å². The molecule has 3 heteroatoms. The van der Waals surface area contributed by atoms with E-state index in [1.54, 1.807) is 0 Å². The number of hydrogen-bond acceptors (Lipinski definition) is 1. The van der Waals surface area contributed by atoms with E-state index in [9.17, 15) is 0 Å². The highest BCUT2D eigenvalue weighted by Gasteiger charge is 2.20. The van der Waals surface area contributed by atoms with Crippen molar-refractivity contribution >= 4 is 65.6 Å². The normalized spacial score (nSPS) is 11.9. The van der Waals surface area contributed by atoms with Gasteiger partial charge in [0.05, 0.1) is 27.5 Å². The number of hydrogen-bond donors (Lipinski definition) is 0. The minimum atomic E-state index is 0.899. The molecule has 8 aromatic carbocycles. The summed E-state index contributed by atoms with van der Waals surface area (Å²) in [4.78, 5) is 0. The van der Waals surface area contributed by atoms with Gasteiger partial charge in [0, 0.05) is 38.3 Å². The van der Waals surface area contributed by atoms with Crippen LogP contribution in [-0.2, 0) is 0 Å². The fourth-order valence-corrected chi connectivity index (χ4v) is 8.20. The van der Waals surface area contributed by atoms with E-state index in [0.29, 0.717) is 0 Å². The van der Waals surface area contributed by atoms with Crippen LogP contribution in [0.4, 0.5) is 0 Å². The van der Waals surface area contributed by atoms with Crippen LogP contribution < -0.4 is 0 Å². The molecule has 11 aromatic rings. The quantitative estimate of drug-likeness (QED) is 0.186. The Kier molecular flexibility index (Phi) is 5.96. The van der Waals surface area contributed by atoms with Gasteiger partial charge in [-0.3, -0.25) is 0 Å². The Morgan fingerprint density at radius 2 is 0.843 bits per heavy atom. The van der Waals surface area contributed by atoms with Gasteiger partial charge in [-0.15, -0.1) is 0 Å². The van der Waals surface area contributed by atoms with Crippen LogP contribution in [0.5, 0.6) is 0 Å². The largest absolute Gasteiger partial charge is 0.456 e. The molecular formula is C48H30N2O. The Labute approximate surface area is 293 Å². The second-order valence-electron chi connectivity index (χ2n) is 13.3. The average molecular weight is 651 g/mol. The van der Waals surface area contributed by atoms with Crippen LogP contribution in [0.15, 0.2) is 186 Å². The van der Waals surface area contributed by atoms with E-state index in [2.05, 4.69) is 185 Å². The second-order valence-corrected chi connectivity index (χ2v) is 13.3. The van der Waals surface area contributed by atoms with E-state index < -0.39 is 0 Å². The van der Waals surface area contributed by atoms with Gasteiger partial charge in [-0.1, -0.05) is 115 Å². The fourth-order valence-electron chi connectivity index (χ4n) is 8.20. The molecule has 0 aliphatic heterocycles. The monoisotopic (exact) mass is 650 g/mol. The maximum Gasteiger partial charge on any atom is 0.137 e. The summed E-state index contributed by atoms with van der Waals surface area (Å²) in [6, 6.07) is 65.4. The maximum atomic E-state index is 6.39. The van der Waals surface area contributed by atoms with Gasteiger partial charge in [0.15, 0.2) is 0 Å². The van der Waals surface area contributed by atoms with E-state index in [4.69, 9.17) is 4.42 Å². The summed E-state index contributed by atoms with van der Waals surface area (Å²) in [5.74, 6) is 0. The first kappa shape index (κ1) is 28.0. The lowest BCUT2D eigenvalue weighted by Gasteiger charge is -2.12. The lowest BCUT2D eigenvalue weighted by Crippen LogP contribution is -1.95. The third-order valence-corrected chi connectivity index (χ3v) is 10.5. The third kappa shape index (κ3) is 4.19. The molecule has 0 N–H and O–H groups in total. The van der Waals surface area contributed by atoms with Crippen LogP contribution >= 0.6 is 0 Å². The van der Waals surface area contributed by atoms with E-state index in [-0.39, 0.29) is 0 Å². The van der Waals surface area contributed by atoms with Crippen molar-refractivity contribution in [1.82, 2.24) is 9.13 Å². The fraction of sp³-hybridized carbons (Fsp3) is 0. The van der Waals surface area contributed by atoms with Gasteiger partial charge in [0.25, 0.3) is 0 Å². The molecule has 0 aliphatic rings. The smallest absolute Gasteiger partial charge is 0.137 e. The minimum Gasteiger partial charge on any atom is -0.456 e. The molecule has 0 bridgehead atoms. The highest BCUT2D eigenvalue weighted by atomic mass is 16.3. The average Bonchev–Trinajstić information content (AvgIpc) is 3.86. The molecule has 238 valence electrons. The first-order valence-electron chi connectivity index (χ1n) is 17.4. The van der Waals surface area contributed by atoms with Gasteiger partial charge in [0.2, 0.25) is 0 Å². The van der Waals surface area contributed by atoms with Gasteiger partial charge >= 0.3 is 0 Å². The second kappa shape index (κ2) is 10.8. The number of furan rings is 1. The summed E-state index contributed by atoms with van der Waals surface area (Å²) < 4.78 is 11.2. The molecule has 0 aliphatic carbocycles. The number of para-hydroxylation sites is 3. The lowest BCUT2D eigenvalue weighted by molar-refractivity contribution is 0.669. The van der Waals surface area contributed by atoms with Crippen LogP contribution in [-0.4, -0.2) is 9.13 Å². The Bertz CT molecular complexity index is 3050. The van der Waals surface area contributed by atoms with Gasteiger partial charge in [-0.05, 0) is 89.0 Å². The molecular weight excluding hydrogens is 621 g/mol. The summed E-state index contributed by atoms with van der Waals surface area (Å²) in [5, 5.41) is 7.26. The molecule has 3 heterocycles. The molecule has 0 fully saturated rings. The number of rotatable bonds is 4. The van der Waals surface area contributed by atoms with E-state index in [0.717, 1.165) is 33.3 Å². The SMILES string of the molecule is c1ccc(-c2ccc3c(c2)c2ccc4oc5ccccc5c4c2n3-c2ccc(-c3ccc(-n4c5ccccc5c5ccccc54)cc3)cc2)cc1. The van der Waals surface area contributed by atoms with Gasteiger partial charge < -0.3 is 13.6 Å². The first-order valence-corrected chi connectivity index (χ1v) is 17.4. The summed E-state index contributed by atoms with van der Waals surface area (Å²) in [6.07, 6.45) is 0. The third-order valence-electron chi connectivity index (χ3n) is 10.5. The summed E-state index contributed by atoms with van der Waals surface area (Å²) in [7, 11) is 0. The highest BCUT2D eigenvalue weighted by Crippen LogP contribution is 2.42. The molecule has 0 amide bonds. The van der Waals surface area contributed by atoms with E-state index in [1.807, 2.05) is 6.07 Å². The molecule has 0 radical (unpaired) electrons. The minimum absolute atomic E-state index is 0.899. The predicted octanol–water partition coefficient (Wildman–Crippen LogP) is 13.1. The zero-order valence-corrected chi connectivity index (χ0v) is 27.6. The Morgan fingerprint density at radius 3 is 1.53 bits per heavy atom. The summed E-state index contributed by atoms with van der Waals surface area (Å²) in [5.41, 5.74) is 13.6. The molecule has 0 atom stereocenters. The summed E-state index contributed by atoms with van der Waals surface area (Å²) >= 11 is 0. The van der Waals surface area contributed by atoms with Crippen LogP contribution in [0.25, 0.3) is 99.2 Å². The molecule has 3 aromatic heterocycles. The molecule has 0 unspecified atom stereocenters. The number of nitrogens with zero attached hydrogens (tertiary/aromatic N) is 2. The van der Waals surface area contributed by atoms with Crippen LogP contribution in [0.3, 0.4) is 0 Å². The number of benzene rings is 8. The lowest BCUT2D eigenvalue weighted by atomic mass is 10.0. The van der Waals surface area contributed by atoms with Gasteiger partial charge in [0.1, 0.15) is 11.2 Å². The number of fused-ring (bicyclic) bond motifs is 10. The molecule has 0 saturated carbocycles. The van der Waals surface area contributed by atoms with Crippen molar-refractivity contribution in [2.45, 2.75) is 0 Å². The highest BCUT2D eigenvalue weighted by molar-refractivity contribution is 6.24. The number of aromatic nitrogens is 2. The molecule has 3 nitrogen and oxygen atoms in total. The Balaban J connectivity index is 1.06. The Hall–Kier alpha value is -6.84. The van der Waals surface area contributed by atoms with Crippen LogP contribution in [0, 0.1) is 0 Å². The molecule has 51 heavy (non-hydrogen) atoms. The molecule has 0 saturated heterocycles. The first-order chi connectivity index (χ1) is 25.3. The predicted molar refractivity (Wildman–Crippen MR) is 213 cm³/mol. The van der Waals surface area contributed by atoms with Crippen molar-refractivity contribution < 1.29 is 4.42 Å². The van der Waals surface area contributed by atoms with Crippen molar-refractivity contribution in [2.24, 2.45) is 0 Å². The standard InChI is InChI=1S/C48H30N2O/c1-2-10-31(11-3-1)34-22-28-44-41(30-34)39-27-29-46-47(40-14-6-9-17-45(40)51-46)48(39)50(44)36-25-20-33(21-26-36)32-18-23-35(24-19-32)49-42-15-7-4-12-37(42)38-13-5-8-16-43(38)49/h1-30H. The van der Waals surface area contributed by atoms with Crippen LogP contribution in [0.1, 0.15) is 0 Å². The van der Waals surface area contributed by atoms with Crippen molar-refractivity contribution in [3.05, 3.63) is 182 Å². The van der Waals surface area contributed by atoms with Gasteiger partial charge in [-0.25, -0.2) is 0 Å². The molecule has 11 rings (SSSR count). The van der Waals surface area contributed by atoms with E-state index in [1.165, 1.54) is 65.9 Å². The van der Waals surface area contributed by atoms with Crippen molar-refractivity contribution in [3.63, 3.8) is 0 Å². The van der Waals surface area contributed by atoms with E-state index >= 15 is 0 Å². The van der Waals surface area contributed by atoms with Crippen molar-refractivity contribution in [3.8, 4) is 33.6 Å². The summed E-state index contributed by atoms with van der Waals surface area (Å²) in [6.45, 7) is 0. The van der Waals surface area contributed by atoms with Crippen molar-refractivity contribution in [2.75, 3.05) is 0 Å². The van der Waals surface area contributed by atoms with Crippen molar-refractivity contribution in [1.29, 1.82) is 0 Å². The Morgan fingerprint density at radius 1 is 0.314 bits per heavy atom. The molecule has 0 spiro atoms. The zero-order chi connectivity index (χ0) is 33.5. The maximum absolute atomic E-state index is 6.39. The zero-order valence-electron chi connectivity index (χ0n) is 27.6. The van der Waals surface area contributed by atoms with Crippen LogP contribution in [0.2, 0.25) is 0 Å². The van der Waals surface area contributed by atoms with Gasteiger partial charge in [-0.2, -0.15) is 0 Å².